The van der Waals surface area contributed by atoms with Crippen LogP contribution in [0.25, 0.3) is 0 Å². The maximum atomic E-state index is 12.2. The van der Waals surface area contributed by atoms with Gasteiger partial charge in [0.1, 0.15) is 11.5 Å². The molecule has 0 bridgehead atoms. The second-order valence-corrected chi connectivity index (χ2v) is 8.52. The highest BCUT2D eigenvalue weighted by molar-refractivity contribution is 9.10. The quantitative estimate of drug-likeness (QED) is 0.792. The Labute approximate surface area is 150 Å². The molecule has 0 fully saturated rings. The van der Waals surface area contributed by atoms with Crippen LogP contribution in [-0.4, -0.2) is 37.1 Å². The monoisotopic (exact) mass is 411 g/mol. The summed E-state index contributed by atoms with van der Waals surface area (Å²) < 4.78 is 25.3. The van der Waals surface area contributed by atoms with E-state index >= 15 is 0 Å². The third-order valence-electron chi connectivity index (χ3n) is 3.44. The second-order valence-electron chi connectivity index (χ2n) is 5.54. The Morgan fingerprint density at radius 2 is 1.88 bits per heavy atom. The van der Waals surface area contributed by atoms with Crippen LogP contribution in [0.5, 0.6) is 5.75 Å². The van der Waals surface area contributed by atoms with E-state index in [2.05, 4.69) is 15.9 Å². The van der Waals surface area contributed by atoms with Crippen molar-refractivity contribution in [1.29, 1.82) is 0 Å². The van der Waals surface area contributed by atoms with Gasteiger partial charge in [-0.1, -0.05) is 46.3 Å². The minimum absolute atomic E-state index is 0.0779. The first-order chi connectivity index (χ1) is 11.3. The molecule has 0 aliphatic heterocycles. The standard InChI is InChI=1S/C17H18BrNO4S/c1-19(10-14-6-2-3-8-16(14)20)17(21)12-24(22,23)11-13-5-4-7-15(18)9-13/h2-9,20H,10-12H2,1H3. The molecule has 24 heavy (non-hydrogen) atoms. The molecule has 0 aromatic heterocycles. The van der Waals surface area contributed by atoms with E-state index in [1.165, 1.54) is 18.0 Å². The number of sulfone groups is 1. The number of halogens is 1. The van der Waals surface area contributed by atoms with Crippen molar-refractivity contribution in [1.82, 2.24) is 4.90 Å². The van der Waals surface area contributed by atoms with Gasteiger partial charge in [-0.2, -0.15) is 0 Å². The van der Waals surface area contributed by atoms with Crippen LogP contribution in [0.15, 0.2) is 53.0 Å². The molecule has 0 aliphatic carbocycles. The van der Waals surface area contributed by atoms with Crippen LogP contribution in [0.2, 0.25) is 0 Å². The molecule has 1 N–H and O–H groups in total. The molecular weight excluding hydrogens is 394 g/mol. The number of aromatic hydroxyl groups is 1. The predicted molar refractivity (Wildman–Crippen MR) is 96.2 cm³/mol. The number of carbonyl (C=O) groups is 1. The number of phenols is 1. The minimum Gasteiger partial charge on any atom is -0.508 e. The van der Waals surface area contributed by atoms with Crippen molar-refractivity contribution in [2.45, 2.75) is 12.3 Å². The summed E-state index contributed by atoms with van der Waals surface area (Å²) in [5.74, 6) is -1.19. The van der Waals surface area contributed by atoms with Gasteiger partial charge in [-0.3, -0.25) is 4.79 Å². The van der Waals surface area contributed by atoms with E-state index in [0.29, 0.717) is 11.1 Å². The molecular formula is C17H18BrNO4S. The molecule has 7 heteroatoms. The van der Waals surface area contributed by atoms with E-state index in [1.807, 2.05) is 0 Å². The Hall–Kier alpha value is -1.86. The number of carbonyl (C=O) groups excluding carboxylic acids is 1. The van der Waals surface area contributed by atoms with Crippen LogP contribution in [-0.2, 0) is 26.9 Å². The van der Waals surface area contributed by atoms with Gasteiger partial charge in [0.2, 0.25) is 5.91 Å². The Morgan fingerprint density at radius 3 is 2.54 bits per heavy atom. The number of hydrogen-bond acceptors (Lipinski definition) is 4. The fraction of sp³-hybridized carbons (Fsp3) is 0.235. The summed E-state index contributed by atoms with van der Waals surface area (Å²) in [7, 11) is -2.06. The number of para-hydroxylation sites is 1. The van der Waals surface area contributed by atoms with Gasteiger partial charge in [0.05, 0.1) is 5.75 Å². The molecule has 0 unspecified atom stereocenters. The van der Waals surface area contributed by atoms with Crippen LogP contribution in [0.4, 0.5) is 0 Å². The zero-order valence-corrected chi connectivity index (χ0v) is 15.5. The van der Waals surface area contributed by atoms with Crippen LogP contribution in [0.3, 0.4) is 0 Å². The summed E-state index contributed by atoms with van der Waals surface area (Å²) in [6.45, 7) is 0.151. The van der Waals surface area contributed by atoms with Gasteiger partial charge in [0.25, 0.3) is 0 Å². The fourth-order valence-corrected chi connectivity index (χ4v) is 4.05. The molecule has 0 aliphatic rings. The number of phenolic OH excluding ortho intramolecular Hbond substituents is 1. The molecule has 2 aromatic carbocycles. The smallest absolute Gasteiger partial charge is 0.237 e. The first kappa shape index (κ1) is 18.5. The summed E-state index contributed by atoms with van der Waals surface area (Å²) in [6.07, 6.45) is 0. The Bertz CT molecular complexity index is 836. The second kappa shape index (κ2) is 7.81. The van der Waals surface area contributed by atoms with Gasteiger partial charge in [-0.25, -0.2) is 8.42 Å². The Kier molecular flexibility index (Phi) is 6.01. The van der Waals surface area contributed by atoms with Crippen molar-refractivity contribution < 1.29 is 18.3 Å². The lowest BCUT2D eigenvalue weighted by atomic mass is 10.2. The molecule has 2 aromatic rings. The van der Waals surface area contributed by atoms with Gasteiger partial charge in [0, 0.05) is 23.6 Å². The van der Waals surface area contributed by atoms with Crippen LogP contribution < -0.4 is 0 Å². The van der Waals surface area contributed by atoms with Gasteiger partial charge >= 0.3 is 0 Å². The van der Waals surface area contributed by atoms with E-state index in [9.17, 15) is 18.3 Å². The van der Waals surface area contributed by atoms with Gasteiger partial charge in [-0.15, -0.1) is 0 Å². The van der Waals surface area contributed by atoms with Crippen molar-refractivity contribution in [3.8, 4) is 5.75 Å². The zero-order valence-electron chi connectivity index (χ0n) is 13.1. The van der Waals surface area contributed by atoms with Gasteiger partial charge in [0.15, 0.2) is 9.84 Å². The SMILES string of the molecule is CN(Cc1ccccc1O)C(=O)CS(=O)(=O)Cc1cccc(Br)c1. The fourth-order valence-electron chi connectivity index (χ4n) is 2.22. The summed E-state index contributed by atoms with van der Waals surface area (Å²) in [5.41, 5.74) is 1.19. The van der Waals surface area contributed by atoms with Crippen molar-refractivity contribution in [2.24, 2.45) is 0 Å². The van der Waals surface area contributed by atoms with Crippen LogP contribution >= 0.6 is 15.9 Å². The summed E-state index contributed by atoms with van der Waals surface area (Å²) in [4.78, 5) is 13.5. The summed E-state index contributed by atoms with van der Waals surface area (Å²) in [5, 5.41) is 9.73. The van der Waals surface area contributed by atoms with Gasteiger partial charge in [-0.05, 0) is 23.8 Å². The van der Waals surface area contributed by atoms with Crippen molar-refractivity contribution in [2.75, 3.05) is 12.8 Å². The third-order valence-corrected chi connectivity index (χ3v) is 5.40. The molecule has 1 amide bonds. The number of benzene rings is 2. The predicted octanol–water partition coefficient (Wildman–Crippen LogP) is 2.73. The topological polar surface area (TPSA) is 74.7 Å². The summed E-state index contributed by atoms with van der Waals surface area (Å²) >= 11 is 3.29. The highest BCUT2D eigenvalue weighted by atomic mass is 79.9. The molecule has 2 rings (SSSR count). The van der Waals surface area contributed by atoms with Crippen LogP contribution in [0, 0.1) is 0 Å². The van der Waals surface area contributed by atoms with Crippen molar-refractivity contribution >= 4 is 31.7 Å². The van der Waals surface area contributed by atoms with Crippen LogP contribution in [0.1, 0.15) is 11.1 Å². The van der Waals surface area contributed by atoms with E-state index < -0.39 is 21.5 Å². The van der Waals surface area contributed by atoms with E-state index in [0.717, 1.165) is 4.47 Å². The maximum Gasteiger partial charge on any atom is 0.237 e. The molecule has 0 spiro atoms. The molecule has 0 heterocycles. The molecule has 0 saturated carbocycles. The largest absolute Gasteiger partial charge is 0.508 e. The first-order valence-electron chi connectivity index (χ1n) is 7.22. The third kappa shape index (κ3) is 5.35. The number of nitrogens with zero attached hydrogens (tertiary/aromatic N) is 1. The van der Waals surface area contributed by atoms with Crippen molar-refractivity contribution in [3.05, 3.63) is 64.1 Å². The van der Waals surface area contributed by atoms with Gasteiger partial charge < -0.3 is 10.0 Å². The Balaban J connectivity index is 2.01. The highest BCUT2D eigenvalue weighted by Gasteiger charge is 2.21. The first-order valence-corrected chi connectivity index (χ1v) is 9.84. The molecule has 0 saturated heterocycles. The molecule has 0 radical (unpaired) electrons. The molecule has 5 nitrogen and oxygen atoms in total. The van der Waals surface area contributed by atoms with E-state index in [-0.39, 0.29) is 18.0 Å². The normalized spacial score (nSPS) is 11.2. The summed E-state index contributed by atoms with van der Waals surface area (Å²) in [6, 6.07) is 13.6. The lowest BCUT2D eigenvalue weighted by Crippen LogP contribution is -2.32. The minimum atomic E-state index is -3.57. The lowest BCUT2D eigenvalue weighted by Gasteiger charge is -2.18. The lowest BCUT2D eigenvalue weighted by molar-refractivity contribution is -0.127. The van der Waals surface area contributed by atoms with E-state index in [4.69, 9.17) is 0 Å². The highest BCUT2D eigenvalue weighted by Crippen LogP contribution is 2.18. The average molecular weight is 412 g/mol. The van der Waals surface area contributed by atoms with E-state index in [1.54, 1.807) is 42.5 Å². The number of hydrogen-bond donors (Lipinski definition) is 1. The number of rotatable bonds is 6. The number of amides is 1. The average Bonchev–Trinajstić information content (AvgIpc) is 2.48. The van der Waals surface area contributed by atoms with Crippen molar-refractivity contribution in [3.63, 3.8) is 0 Å². The zero-order chi connectivity index (χ0) is 17.7. The Morgan fingerprint density at radius 1 is 1.17 bits per heavy atom. The molecule has 128 valence electrons. The maximum absolute atomic E-state index is 12.2. The molecule has 0 atom stereocenters.